The number of para-hydroxylation sites is 1. The Morgan fingerprint density at radius 1 is 0.923 bits per heavy atom. The van der Waals surface area contributed by atoms with Gasteiger partial charge < -0.3 is 42.2 Å². The number of carbonyl (C=O) groups excluding carboxylic acids is 3. The van der Waals surface area contributed by atoms with Crippen molar-refractivity contribution >= 4 is 17.7 Å². The summed E-state index contributed by atoms with van der Waals surface area (Å²) in [6.07, 6.45) is 1.46. The SMILES string of the molecule is NCCN(CCN)C(=O)CC(N)C(=O)NC(CCc1ccccc1)C(=O)NCc1cccc2c1OCCCO2. The lowest BCUT2D eigenvalue weighted by molar-refractivity contribution is -0.135. The Labute approximate surface area is 229 Å². The molecule has 2 aromatic carbocycles. The summed E-state index contributed by atoms with van der Waals surface area (Å²) in [4.78, 5) is 40.4. The molecular weight excluding hydrogens is 500 g/mol. The van der Waals surface area contributed by atoms with Crippen molar-refractivity contribution < 1.29 is 23.9 Å². The second-order valence-electron chi connectivity index (χ2n) is 9.37. The summed E-state index contributed by atoms with van der Waals surface area (Å²) in [6.45, 7) is 2.48. The average molecular weight is 541 g/mol. The van der Waals surface area contributed by atoms with Crippen molar-refractivity contribution in [1.29, 1.82) is 0 Å². The van der Waals surface area contributed by atoms with Crippen LogP contribution in [0.25, 0.3) is 0 Å². The standard InChI is InChI=1S/C28H40N6O5/c29-12-14-34(15-13-30)25(35)18-22(31)27(36)33-23(11-10-20-6-2-1-3-7-20)28(37)32-19-21-8-4-9-24-26(21)39-17-5-16-38-24/h1-4,6-9,22-23H,5,10-19,29-31H2,(H,32,37)(H,33,36). The van der Waals surface area contributed by atoms with Crippen LogP contribution in [0, 0.1) is 0 Å². The van der Waals surface area contributed by atoms with Crippen LogP contribution in [0.2, 0.25) is 0 Å². The van der Waals surface area contributed by atoms with Gasteiger partial charge >= 0.3 is 0 Å². The number of hydrogen-bond donors (Lipinski definition) is 5. The summed E-state index contributed by atoms with van der Waals surface area (Å²) >= 11 is 0. The minimum atomic E-state index is -1.13. The third-order valence-electron chi connectivity index (χ3n) is 6.39. The third-order valence-corrected chi connectivity index (χ3v) is 6.39. The fraction of sp³-hybridized carbons (Fsp3) is 0.464. The van der Waals surface area contributed by atoms with E-state index in [2.05, 4.69) is 10.6 Å². The van der Waals surface area contributed by atoms with Crippen LogP contribution >= 0.6 is 0 Å². The molecule has 2 aromatic rings. The van der Waals surface area contributed by atoms with E-state index in [4.69, 9.17) is 26.7 Å². The van der Waals surface area contributed by atoms with E-state index in [1.54, 1.807) is 0 Å². The maximum Gasteiger partial charge on any atom is 0.242 e. The number of rotatable bonds is 14. The lowest BCUT2D eigenvalue weighted by Crippen LogP contribution is -2.53. The van der Waals surface area contributed by atoms with Gasteiger partial charge in [0.05, 0.1) is 25.7 Å². The molecule has 0 fully saturated rings. The molecule has 0 aromatic heterocycles. The summed E-state index contributed by atoms with van der Waals surface area (Å²) in [7, 11) is 0. The van der Waals surface area contributed by atoms with E-state index in [1.807, 2.05) is 48.5 Å². The molecule has 2 unspecified atom stereocenters. The number of carbonyl (C=O) groups is 3. The van der Waals surface area contributed by atoms with Gasteiger partial charge in [-0.15, -0.1) is 0 Å². The van der Waals surface area contributed by atoms with Gasteiger partial charge in [0.1, 0.15) is 6.04 Å². The molecule has 2 atom stereocenters. The monoisotopic (exact) mass is 540 g/mol. The minimum Gasteiger partial charge on any atom is -0.490 e. The molecule has 0 bridgehead atoms. The van der Waals surface area contributed by atoms with Gasteiger partial charge in [0.25, 0.3) is 0 Å². The fourth-order valence-corrected chi connectivity index (χ4v) is 4.28. The summed E-state index contributed by atoms with van der Waals surface area (Å²) in [5.41, 5.74) is 19.0. The zero-order valence-corrected chi connectivity index (χ0v) is 22.3. The van der Waals surface area contributed by atoms with E-state index >= 15 is 0 Å². The fourth-order valence-electron chi connectivity index (χ4n) is 4.28. The van der Waals surface area contributed by atoms with Crippen LogP contribution in [0.4, 0.5) is 0 Å². The summed E-state index contributed by atoms with van der Waals surface area (Å²) in [6, 6.07) is 13.2. The van der Waals surface area contributed by atoms with Crippen LogP contribution in [-0.2, 0) is 27.3 Å². The van der Waals surface area contributed by atoms with Gasteiger partial charge in [-0.25, -0.2) is 0 Å². The van der Waals surface area contributed by atoms with Gasteiger partial charge in [-0.05, 0) is 24.5 Å². The van der Waals surface area contributed by atoms with Crippen molar-refractivity contribution in [1.82, 2.24) is 15.5 Å². The number of aryl methyl sites for hydroxylation is 1. The van der Waals surface area contributed by atoms with Crippen molar-refractivity contribution in [2.24, 2.45) is 17.2 Å². The van der Waals surface area contributed by atoms with Crippen LogP contribution in [0.15, 0.2) is 48.5 Å². The normalized spacial score (nSPS) is 14.0. The van der Waals surface area contributed by atoms with Gasteiger partial charge in [0.2, 0.25) is 17.7 Å². The van der Waals surface area contributed by atoms with Gasteiger partial charge in [-0.1, -0.05) is 42.5 Å². The molecule has 0 saturated heterocycles. The van der Waals surface area contributed by atoms with Gasteiger partial charge in [-0.2, -0.15) is 0 Å². The largest absolute Gasteiger partial charge is 0.490 e. The summed E-state index contributed by atoms with van der Waals surface area (Å²) < 4.78 is 11.6. The number of hydrogen-bond acceptors (Lipinski definition) is 8. The molecule has 0 radical (unpaired) electrons. The number of nitrogens with one attached hydrogen (secondary N) is 2. The topological polar surface area (TPSA) is 175 Å². The maximum atomic E-state index is 13.3. The molecule has 39 heavy (non-hydrogen) atoms. The summed E-state index contributed by atoms with van der Waals surface area (Å²) in [5.74, 6) is -0.00617. The van der Waals surface area contributed by atoms with Crippen molar-refractivity contribution in [3.05, 3.63) is 59.7 Å². The number of fused-ring (bicyclic) bond motifs is 1. The third kappa shape index (κ3) is 9.24. The Hall–Kier alpha value is -3.67. The van der Waals surface area contributed by atoms with Crippen molar-refractivity contribution in [2.75, 3.05) is 39.4 Å². The zero-order valence-electron chi connectivity index (χ0n) is 22.3. The molecule has 3 rings (SSSR count). The molecule has 11 heteroatoms. The molecule has 8 N–H and O–H groups in total. The van der Waals surface area contributed by atoms with Crippen molar-refractivity contribution in [3.63, 3.8) is 0 Å². The first-order valence-electron chi connectivity index (χ1n) is 13.4. The molecule has 1 aliphatic rings. The van der Waals surface area contributed by atoms with Crippen LogP contribution in [0.5, 0.6) is 11.5 Å². The minimum absolute atomic E-state index is 0.195. The lowest BCUT2D eigenvalue weighted by Gasteiger charge is -2.24. The molecule has 3 amide bonds. The number of benzene rings is 2. The van der Waals surface area contributed by atoms with Gasteiger partial charge in [-0.3, -0.25) is 14.4 Å². The Morgan fingerprint density at radius 3 is 2.36 bits per heavy atom. The number of nitrogens with zero attached hydrogens (tertiary/aromatic N) is 1. The van der Waals surface area contributed by atoms with Crippen LogP contribution in [0.3, 0.4) is 0 Å². The quantitative estimate of drug-likeness (QED) is 0.223. The highest BCUT2D eigenvalue weighted by Gasteiger charge is 2.27. The van der Waals surface area contributed by atoms with Crippen LogP contribution in [0.1, 0.15) is 30.4 Å². The molecule has 212 valence electrons. The highest BCUT2D eigenvalue weighted by atomic mass is 16.5. The molecule has 0 spiro atoms. The predicted molar refractivity (Wildman–Crippen MR) is 148 cm³/mol. The van der Waals surface area contributed by atoms with Crippen LogP contribution < -0.4 is 37.3 Å². The van der Waals surface area contributed by atoms with Crippen molar-refractivity contribution in [3.8, 4) is 11.5 Å². The van der Waals surface area contributed by atoms with Crippen molar-refractivity contribution in [2.45, 2.75) is 44.3 Å². The predicted octanol–water partition coefficient (Wildman–Crippen LogP) is 0.0451. The molecule has 0 saturated carbocycles. The molecule has 1 aliphatic heterocycles. The van der Waals surface area contributed by atoms with E-state index in [-0.39, 0.29) is 37.9 Å². The molecule has 1 heterocycles. The Balaban J connectivity index is 1.66. The first-order chi connectivity index (χ1) is 18.9. The smallest absolute Gasteiger partial charge is 0.242 e. The second kappa shape index (κ2) is 15.7. The van der Waals surface area contributed by atoms with Gasteiger partial charge in [0.15, 0.2) is 11.5 Å². The Kier molecular flexibility index (Phi) is 12.0. The average Bonchev–Trinajstić information content (AvgIpc) is 3.20. The highest BCUT2D eigenvalue weighted by molar-refractivity contribution is 5.92. The molecule has 11 nitrogen and oxygen atoms in total. The number of amides is 3. The van der Waals surface area contributed by atoms with E-state index in [9.17, 15) is 14.4 Å². The Morgan fingerprint density at radius 2 is 1.64 bits per heavy atom. The second-order valence-corrected chi connectivity index (χ2v) is 9.37. The van der Waals surface area contributed by atoms with Gasteiger partial charge in [0, 0.05) is 44.7 Å². The maximum absolute atomic E-state index is 13.3. The zero-order chi connectivity index (χ0) is 28.0. The Bertz CT molecular complexity index is 1080. The number of ether oxygens (including phenoxy) is 2. The van der Waals surface area contributed by atoms with E-state index < -0.39 is 18.0 Å². The molecule has 0 aliphatic carbocycles. The first kappa shape index (κ1) is 29.9. The molecular formula is C28H40N6O5. The number of nitrogens with two attached hydrogens (primary N) is 3. The van der Waals surface area contributed by atoms with E-state index in [0.717, 1.165) is 17.5 Å². The lowest BCUT2D eigenvalue weighted by atomic mass is 10.0. The van der Waals surface area contributed by atoms with E-state index in [0.29, 0.717) is 50.6 Å². The highest BCUT2D eigenvalue weighted by Crippen LogP contribution is 2.33. The summed E-state index contributed by atoms with van der Waals surface area (Å²) in [5, 5.41) is 5.66. The van der Waals surface area contributed by atoms with Crippen LogP contribution in [-0.4, -0.2) is 74.1 Å². The first-order valence-corrected chi connectivity index (χ1v) is 13.4. The van der Waals surface area contributed by atoms with E-state index in [1.165, 1.54) is 4.90 Å².